The smallest absolute Gasteiger partial charge is 0.229 e. The van der Waals surface area contributed by atoms with E-state index in [1.54, 1.807) is 0 Å². The van der Waals surface area contributed by atoms with Crippen LogP contribution in [-0.4, -0.2) is 42.3 Å². The van der Waals surface area contributed by atoms with Crippen molar-refractivity contribution in [3.05, 3.63) is 34.9 Å². The van der Waals surface area contributed by atoms with Gasteiger partial charge in [0.2, 0.25) is 11.8 Å². The second-order valence-corrected chi connectivity index (χ2v) is 7.65. The van der Waals surface area contributed by atoms with E-state index in [9.17, 15) is 9.59 Å². The second kappa shape index (κ2) is 9.71. The quantitative estimate of drug-likeness (QED) is 0.449. The Balaban J connectivity index is 1.60. The molecule has 1 unspecified atom stereocenters. The average Bonchev–Trinajstić information content (AvgIpc) is 2.70. The van der Waals surface area contributed by atoms with Crippen LogP contribution in [0.1, 0.15) is 68.7 Å². The number of carbonyl (C=O) groups excluding carboxylic acids is 2. The Bertz CT molecular complexity index is 728. The first kappa shape index (κ1) is 20.4. The first-order chi connectivity index (χ1) is 13.6. The van der Waals surface area contributed by atoms with Crippen molar-refractivity contribution in [1.29, 1.82) is 0 Å². The number of rotatable bonds is 6. The number of nitrogens with zero attached hydrogens (tertiary/aromatic N) is 2. The predicted molar refractivity (Wildman–Crippen MR) is 111 cm³/mol. The number of amides is 2. The van der Waals surface area contributed by atoms with Gasteiger partial charge in [0.05, 0.1) is 12.6 Å². The molecule has 0 bridgehead atoms. The maximum absolute atomic E-state index is 11.9. The molecule has 6 nitrogen and oxygen atoms in total. The van der Waals surface area contributed by atoms with Gasteiger partial charge in [0.25, 0.3) is 0 Å². The van der Waals surface area contributed by atoms with E-state index < -0.39 is 0 Å². The number of hydrogen-bond acceptors (Lipinski definition) is 3. The largest absolute Gasteiger partial charge is 0.357 e. The summed E-state index contributed by atoms with van der Waals surface area (Å²) in [5, 5.41) is 6.71. The van der Waals surface area contributed by atoms with Crippen LogP contribution >= 0.6 is 0 Å². The fourth-order valence-electron chi connectivity index (χ4n) is 3.94. The van der Waals surface area contributed by atoms with Gasteiger partial charge in [0, 0.05) is 25.9 Å². The zero-order chi connectivity index (χ0) is 19.9. The summed E-state index contributed by atoms with van der Waals surface area (Å²) >= 11 is 0. The number of aliphatic imine (C=N–C) groups is 1. The number of hydrogen-bond donors (Lipinski definition) is 2. The lowest BCUT2D eigenvalue weighted by Crippen LogP contribution is -2.43. The first-order valence-electron chi connectivity index (χ1n) is 10.6. The number of guanidine groups is 1. The average molecular weight is 385 g/mol. The van der Waals surface area contributed by atoms with Crippen molar-refractivity contribution in [2.45, 2.75) is 64.8 Å². The monoisotopic (exact) mass is 384 g/mol. The van der Waals surface area contributed by atoms with Crippen LogP contribution in [0.5, 0.6) is 0 Å². The molecule has 0 aromatic heterocycles. The molecule has 1 fully saturated rings. The molecule has 1 aliphatic carbocycles. The molecule has 1 aromatic carbocycles. The van der Waals surface area contributed by atoms with E-state index in [-0.39, 0.29) is 17.9 Å². The second-order valence-electron chi connectivity index (χ2n) is 7.65. The molecule has 6 heteroatoms. The number of fused-ring (bicyclic) bond motifs is 1. The lowest BCUT2D eigenvalue weighted by atomic mass is 9.89. The van der Waals surface area contributed by atoms with Crippen LogP contribution in [0.25, 0.3) is 0 Å². The van der Waals surface area contributed by atoms with E-state index in [1.807, 2.05) is 6.92 Å². The number of carbonyl (C=O) groups is 2. The number of piperidine rings is 1. The highest BCUT2D eigenvalue weighted by Gasteiger charge is 2.25. The molecule has 2 aliphatic rings. The van der Waals surface area contributed by atoms with Crippen LogP contribution in [0, 0.1) is 0 Å². The molecule has 1 aromatic rings. The van der Waals surface area contributed by atoms with Crippen LogP contribution in [0.4, 0.5) is 0 Å². The Morgan fingerprint density at radius 3 is 2.50 bits per heavy atom. The first-order valence-corrected chi connectivity index (χ1v) is 10.6. The number of imide groups is 1. The van der Waals surface area contributed by atoms with Crippen molar-refractivity contribution in [1.82, 2.24) is 15.5 Å². The molecule has 1 aliphatic heterocycles. The van der Waals surface area contributed by atoms with Crippen molar-refractivity contribution in [2.75, 3.05) is 19.6 Å². The number of nitrogens with one attached hydrogen (secondary N) is 2. The highest BCUT2D eigenvalue weighted by molar-refractivity contribution is 5.97. The summed E-state index contributed by atoms with van der Waals surface area (Å²) in [5.74, 6) is 0.559. The summed E-state index contributed by atoms with van der Waals surface area (Å²) in [6, 6.07) is 6.92. The van der Waals surface area contributed by atoms with Crippen LogP contribution in [-0.2, 0) is 22.4 Å². The standard InChI is InChI=1S/C22H32N4O2/c1-3-23-22(24-13-14-26-20(27)9-6-10-21(26)28)25-16(2)18-12-11-17-7-4-5-8-19(17)15-18/h11-12,15-16H,3-10,13-14H2,1-2H3,(H2,23,24,25). The SMILES string of the molecule is CCNC(=NCCN1C(=O)CCCC1=O)NC(C)c1ccc2c(c1)CCCC2. The maximum atomic E-state index is 11.9. The van der Waals surface area contributed by atoms with E-state index >= 15 is 0 Å². The van der Waals surface area contributed by atoms with Crippen LogP contribution < -0.4 is 10.6 Å². The minimum absolute atomic E-state index is 0.0770. The molecule has 2 N–H and O–H groups in total. The molecule has 0 radical (unpaired) electrons. The van der Waals surface area contributed by atoms with Gasteiger partial charge in [-0.25, -0.2) is 0 Å². The normalized spacial score (nSPS) is 18.6. The molecule has 28 heavy (non-hydrogen) atoms. The summed E-state index contributed by atoms with van der Waals surface area (Å²) in [5.41, 5.74) is 4.22. The van der Waals surface area contributed by atoms with E-state index in [0.29, 0.717) is 38.3 Å². The van der Waals surface area contributed by atoms with E-state index in [2.05, 4.69) is 40.7 Å². The maximum Gasteiger partial charge on any atom is 0.229 e. The molecule has 0 spiro atoms. The lowest BCUT2D eigenvalue weighted by molar-refractivity contribution is -0.147. The fraction of sp³-hybridized carbons (Fsp3) is 0.591. The zero-order valence-electron chi connectivity index (χ0n) is 17.1. The third kappa shape index (κ3) is 5.12. The van der Waals surface area contributed by atoms with Crippen molar-refractivity contribution in [3.8, 4) is 0 Å². The number of benzene rings is 1. The predicted octanol–water partition coefficient (Wildman–Crippen LogP) is 2.72. The van der Waals surface area contributed by atoms with Gasteiger partial charge in [-0.05, 0) is 62.6 Å². The van der Waals surface area contributed by atoms with Gasteiger partial charge in [-0.1, -0.05) is 18.2 Å². The van der Waals surface area contributed by atoms with Crippen molar-refractivity contribution >= 4 is 17.8 Å². The molecule has 1 heterocycles. The van der Waals surface area contributed by atoms with Gasteiger partial charge in [-0.3, -0.25) is 19.5 Å². The van der Waals surface area contributed by atoms with E-state index in [0.717, 1.165) is 6.54 Å². The Morgan fingerprint density at radius 1 is 1.07 bits per heavy atom. The Morgan fingerprint density at radius 2 is 1.79 bits per heavy atom. The van der Waals surface area contributed by atoms with E-state index in [1.165, 1.54) is 47.3 Å². The highest BCUT2D eigenvalue weighted by Crippen LogP contribution is 2.24. The summed E-state index contributed by atoms with van der Waals surface area (Å²) in [6.07, 6.45) is 6.51. The minimum atomic E-state index is -0.0770. The molecular formula is C22H32N4O2. The topological polar surface area (TPSA) is 73.8 Å². The molecule has 152 valence electrons. The van der Waals surface area contributed by atoms with Gasteiger partial charge in [-0.15, -0.1) is 0 Å². The Labute approximate surface area is 167 Å². The molecular weight excluding hydrogens is 352 g/mol. The number of likely N-dealkylation sites (tertiary alicyclic amines) is 1. The van der Waals surface area contributed by atoms with Crippen LogP contribution in [0.15, 0.2) is 23.2 Å². The van der Waals surface area contributed by atoms with Gasteiger partial charge in [0.15, 0.2) is 5.96 Å². The summed E-state index contributed by atoms with van der Waals surface area (Å²) in [4.78, 5) is 29.8. The van der Waals surface area contributed by atoms with Crippen LogP contribution in [0.3, 0.4) is 0 Å². The van der Waals surface area contributed by atoms with Gasteiger partial charge >= 0.3 is 0 Å². The minimum Gasteiger partial charge on any atom is -0.357 e. The summed E-state index contributed by atoms with van der Waals surface area (Å²) in [7, 11) is 0. The molecule has 2 amide bonds. The fourth-order valence-corrected chi connectivity index (χ4v) is 3.94. The molecule has 0 saturated carbocycles. The highest BCUT2D eigenvalue weighted by atomic mass is 16.2. The molecule has 1 saturated heterocycles. The third-order valence-electron chi connectivity index (χ3n) is 5.55. The summed E-state index contributed by atoms with van der Waals surface area (Å²) < 4.78 is 0. The molecule has 1 atom stereocenters. The molecule has 3 rings (SSSR count). The van der Waals surface area contributed by atoms with Crippen molar-refractivity contribution in [3.63, 3.8) is 0 Å². The van der Waals surface area contributed by atoms with Crippen molar-refractivity contribution < 1.29 is 9.59 Å². The number of aryl methyl sites for hydroxylation is 2. The summed E-state index contributed by atoms with van der Waals surface area (Å²) in [6.45, 7) is 5.67. The zero-order valence-corrected chi connectivity index (χ0v) is 17.1. The van der Waals surface area contributed by atoms with Crippen molar-refractivity contribution in [2.24, 2.45) is 4.99 Å². The Kier molecular flexibility index (Phi) is 7.06. The van der Waals surface area contributed by atoms with Gasteiger partial charge < -0.3 is 10.6 Å². The van der Waals surface area contributed by atoms with Crippen LogP contribution in [0.2, 0.25) is 0 Å². The van der Waals surface area contributed by atoms with Gasteiger partial charge in [0.1, 0.15) is 0 Å². The Hall–Kier alpha value is -2.37. The van der Waals surface area contributed by atoms with E-state index in [4.69, 9.17) is 0 Å². The lowest BCUT2D eigenvalue weighted by Gasteiger charge is -2.24. The van der Waals surface area contributed by atoms with Gasteiger partial charge in [-0.2, -0.15) is 0 Å². The third-order valence-corrected chi connectivity index (χ3v) is 5.55.